The summed E-state index contributed by atoms with van der Waals surface area (Å²) in [6, 6.07) is 2.06. The molecule has 1 fully saturated rings. The summed E-state index contributed by atoms with van der Waals surface area (Å²) in [4.78, 5) is 0. The SMILES string of the molecule is CC1(C)COC(C#N)CN1. The highest BCUT2D eigenvalue weighted by atomic mass is 16.5. The number of rotatable bonds is 0. The van der Waals surface area contributed by atoms with Gasteiger partial charge in [0.15, 0.2) is 6.10 Å². The van der Waals surface area contributed by atoms with Gasteiger partial charge in [0.05, 0.1) is 12.7 Å². The molecule has 0 aromatic rings. The molecule has 0 spiro atoms. The fourth-order valence-corrected chi connectivity index (χ4v) is 0.871. The Balaban J connectivity index is 2.40. The van der Waals surface area contributed by atoms with Crippen LogP contribution in [0.2, 0.25) is 0 Å². The lowest BCUT2D eigenvalue weighted by Gasteiger charge is -2.33. The van der Waals surface area contributed by atoms with Crippen LogP contribution in [0.1, 0.15) is 13.8 Å². The van der Waals surface area contributed by atoms with Gasteiger partial charge in [-0.2, -0.15) is 5.26 Å². The number of hydrogen-bond acceptors (Lipinski definition) is 3. The third kappa shape index (κ3) is 1.69. The average molecular weight is 140 g/mol. The lowest BCUT2D eigenvalue weighted by atomic mass is 10.1. The standard InChI is InChI=1S/C7H12N2O/c1-7(2)5-10-6(3-8)4-9-7/h6,9H,4-5H2,1-2H3. The maximum absolute atomic E-state index is 8.45. The zero-order chi connectivity index (χ0) is 7.61. The van der Waals surface area contributed by atoms with Crippen molar-refractivity contribution in [2.75, 3.05) is 13.2 Å². The van der Waals surface area contributed by atoms with Crippen molar-refractivity contribution in [2.45, 2.75) is 25.5 Å². The van der Waals surface area contributed by atoms with Crippen LogP contribution in [0.4, 0.5) is 0 Å². The maximum atomic E-state index is 8.45. The summed E-state index contributed by atoms with van der Waals surface area (Å²) in [5.41, 5.74) is 0.0351. The Hall–Kier alpha value is -0.590. The van der Waals surface area contributed by atoms with E-state index in [1.54, 1.807) is 0 Å². The third-order valence-corrected chi connectivity index (χ3v) is 1.56. The Morgan fingerprint density at radius 1 is 1.70 bits per heavy atom. The number of ether oxygens (including phenoxy) is 1. The van der Waals surface area contributed by atoms with E-state index in [0.717, 1.165) is 0 Å². The van der Waals surface area contributed by atoms with E-state index in [9.17, 15) is 0 Å². The van der Waals surface area contributed by atoms with Crippen molar-refractivity contribution in [1.29, 1.82) is 5.26 Å². The first-order chi connectivity index (χ1) is 4.64. The quantitative estimate of drug-likeness (QED) is 0.525. The smallest absolute Gasteiger partial charge is 0.156 e. The molecule has 1 heterocycles. The summed E-state index contributed by atoms with van der Waals surface area (Å²) in [5, 5.41) is 11.7. The van der Waals surface area contributed by atoms with Gasteiger partial charge in [0.25, 0.3) is 0 Å². The summed E-state index contributed by atoms with van der Waals surface area (Å²) >= 11 is 0. The molecule has 0 aromatic heterocycles. The van der Waals surface area contributed by atoms with Gasteiger partial charge in [0.1, 0.15) is 0 Å². The summed E-state index contributed by atoms with van der Waals surface area (Å²) in [5.74, 6) is 0. The van der Waals surface area contributed by atoms with Crippen LogP contribution in [0, 0.1) is 11.3 Å². The van der Waals surface area contributed by atoms with Gasteiger partial charge in [-0.15, -0.1) is 0 Å². The van der Waals surface area contributed by atoms with E-state index in [0.29, 0.717) is 13.2 Å². The van der Waals surface area contributed by atoms with Crippen molar-refractivity contribution in [1.82, 2.24) is 5.32 Å². The van der Waals surface area contributed by atoms with Gasteiger partial charge in [0.2, 0.25) is 0 Å². The first kappa shape index (κ1) is 7.52. The molecule has 1 rings (SSSR count). The molecule has 0 bridgehead atoms. The highest BCUT2D eigenvalue weighted by molar-refractivity contribution is 4.93. The number of hydrogen-bond donors (Lipinski definition) is 1. The molecule has 0 radical (unpaired) electrons. The first-order valence-electron chi connectivity index (χ1n) is 3.40. The summed E-state index contributed by atoms with van der Waals surface area (Å²) in [7, 11) is 0. The topological polar surface area (TPSA) is 45.0 Å². The van der Waals surface area contributed by atoms with Gasteiger partial charge in [-0.3, -0.25) is 0 Å². The third-order valence-electron chi connectivity index (χ3n) is 1.56. The Bertz CT molecular complexity index is 149. The largest absolute Gasteiger partial charge is 0.360 e. The lowest BCUT2D eigenvalue weighted by molar-refractivity contribution is 0.00708. The highest BCUT2D eigenvalue weighted by Gasteiger charge is 2.26. The maximum Gasteiger partial charge on any atom is 0.156 e. The second-order valence-electron chi connectivity index (χ2n) is 3.19. The molecule has 1 saturated heterocycles. The molecule has 1 atom stereocenters. The van der Waals surface area contributed by atoms with Crippen molar-refractivity contribution in [3.05, 3.63) is 0 Å². The first-order valence-corrected chi connectivity index (χ1v) is 3.40. The molecule has 1 aliphatic rings. The van der Waals surface area contributed by atoms with Crippen LogP contribution in [0.15, 0.2) is 0 Å². The van der Waals surface area contributed by atoms with Crippen molar-refractivity contribution >= 4 is 0 Å². The molecule has 10 heavy (non-hydrogen) atoms. The Morgan fingerprint density at radius 3 is 2.80 bits per heavy atom. The zero-order valence-corrected chi connectivity index (χ0v) is 6.35. The van der Waals surface area contributed by atoms with E-state index in [1.807, 2.05) is 0 Å². The predicted molar refractivity (Wildman–Crippen MR) is 37.4 cm³/mol. The highest BCUT2D eigenvalue weighted by Crippen LogP contribution is 2.09. The van der Waals surface area contributed by atoms with Gasteiger partial charge in [0, 0.05) is 12.1 Å². The van der Waals surface area contributed by atoms with Crippen LogP contribution in [-0.2, 0) is 4.74 Å². The summed E-state index contributed by atoms with van der Waals surface area (Å²) in [6.07, 6.45) is -0.256. The molecular weight excluding hydrogens is 128 g/mol. The molecule has 0 aliphatic carbocycles. The van der Waals surface area contributed by atoms with Crippen LogP contribution in [-0.4, -0.2) is 24.8 Å². The minimum Gasteiger partial charge on any atom is -0.360 e. The van der Waals surface area contributed by atoms with Crippen molar-refractivity contribution in [3.63, 3.8) is 0 Å². The molecule has 3 nitrogen and oxygen atoms in total. The zero-order valence-electron chi connectivity index (χ0n) is 6.35. The number of nitriles is 1. The molecule has 0 saturated carbocycles. The van der Waals surface area contributed by atoms with E-state index in [-0.39, 0.29) is 11.6 Å². The molecule has 1 N–H and O–H groups in total. The normalized spacial score (nSPS) is 31.1. The van der Waals surface area contributed by atoms with Crippen LogP contribution < -0.4 is 5.32 Å². The van der Waals surface area contributed by atoms with E-state index in [2.05, 4.69) is 25.2 Å². The fourth-order valence-electron chi connectivity index (χ4n) is 0.871. The number of morpholine rings is 1. The van der Waals surface area contributed by atoms with E-state index >= 15 is 0 Å². The Kier molecular flexibility index (Phi) is 1.93. The van der Waals surface area contributed by atoms with Gasteiger partial charge in [-0.25, -0.2) is 0 Å². The molecule has 1 unspecified atom stereocenters. The van der Waals surface area contributed by atoms with Gasteiger partial charge >= 0.3 is 0 Å². The molecule has 3 heteroatoms. The predicted octanol–water partition coefficient (Wildman–Crippen LogP) is 0.277. The fraction of sp³-hybridized carbons (Fsp3) is 0.857. The summed E-state index contributed by atoms with van der Waals surface area (Å²) in [6.45, 7) is 5.37. The van der Waals surface area contributed by atoms with Gasteiger partial charge in [-0.1, -0.05) is 0 Å². The minimum atomic E-state index is -0.256. The monoisotopic (exact) mass is 140 g/mol. The number of nitrogens with one attached hydrogen (secondary N) is 1. The van der Waals surface area contributed by atoms with E-state index in [4.69, 9.17) is 10.00 Å². The van der Waals surface area contributed by atoms with E-state index < -0.39 is 0 Å². The van der Waals surface area contributed by atoms with Crippen molar-refractivity contribution in [2.24, 2.45) is 0 Å². The van der Waals surface area contributed by atoms with Gasteiger partial charge in [-0.05, 0) is 13.8 Å². The molecule has 56 valence electrons. The second kappa shape index (κ2) is 2.57. The van der Waals surface area contributed by atoms with Crippen molar-refractivity contribution < 1.29 is 4.74 Å². The van der Waals surface area contributed by atoms with Crippen LogP contribution in [0.5, 0.6) is 0 Å². The number of nitrogens with zero attached hydrogens (tertiary/aromatic N) is 1. The molecule has 0 amide bonds. The minimum absolute atomic E-state index is 0.0351. The molecule has 0 aromatic carbocycles. The van der Waals surface area contributed by atoms with Crippen LogP contribution in [0.25, 0.3) is 0 Å². The van der Waals surface area contributed by atoms with E-state index in [1.165, 1.54) is 0 Å². The van der Waals surface area contributed by atoms with Gasteiger partial charge < -0.3 is 10.1 Å². The van der Waals surface area contributed by atoms with Crippen molar-refractivity contribution in [3.8, 4) is 6.07 Å². The Morgan fingerprint density at radius 2 is 2.40 bits per heavy atom. The second-order valence-corrected chi connectivity index (χ2v) is 3.19. The molecular formula is C7H12N2O. The van der Waals surface area contributed by atoms with Crippen LogP contribution >= 0.6 is 0 Å². The van der Waals surface area contributed by atoms with Crippen LogP contribution in [0.3, 0.4) is 0 Å². The average Bonchev–Trinajstić information content (AvgIpc) is 1.88. The molecule has 1 aliphatic heterocycles. The Labute approximate surface area is 61.0 Å². The summed E-state index contributed by atoms with van der Waals surface area (Å²) < 4.78 is 5.22. The lowest BCUT2D eigenvalue weighted by Crippen LogP contribution is -2.52.